The van der Waals surface area contributed by atoms with Gasteiger partial charge in [-0.1, -0.05) is 11.1 Å². The second-order valence-corrected chi connectivity index (χ2v) is 7.10. The van der Waals surface area contributed by atoms with Crippen LogP contribution in [-0.4, -0.2) is 53.8 Å². The number of furan rings is 1. The molecule has 7 heteroatoms. The number of hydrogen-bond acceptors (Lipinski definition) is 5. The normalized spacial score (nSPS) is 23.9. The zero-order valence-corrected chi connectivity index (χ0v) is 15.1. The summed E-state index contributed by atoms with van der Waals surface area (Å²) < 4.78 is 5.13. The van der Waals surface area contributed by atoms with Gasteiger partial charge in [0.2, 0.25) is 5.91 Å². The minimum absolute atomic E-state index is 0.156. The van der Waals surface area contributed by atoms with Gasteiger partial charge in [-0.2, -0.15) is 0 Å². The molecule has 0 saturated carbocycles. The van der Waals surface area contributed by atoms with Crippen LogP contribution in [-0.2, 0) is 9.59 Å². The Labute approximate surface area is 152 Å². The third-order valence-electron chi connectivity index (χ3n) is 5.50. The molecule has 1 aromatic heterocycles. The summed E-state index contributed by atoms with van der Waals surface area (Å²) >= 11 is 0. The molecule has 26 heavy (non-hydrogen) atoms. The highest BCUT2D eigenvalue weighted by Gasteiger charge is 2.37. The zero-order valence-electron chi connectivity index (χ0n) is 15.1. The molecule has 1 fully saturated rings. The summed E-state index contributed by atoms with van der Waals surface area (Å²) in [6.45, 7) is 5.45. The molecule has 3 rings (SSSR count). The lowest BCUT2D eigenvalue weighted by molar-refractivity contribution is -0.313. The smallest absolute Gasteiger partial charge is 0.289 e. The number of amides is 2. The summed E-state index contributed by atoms with van der Waals surface area (Å²) in [6.07, 6.45) is 2.27. The molecule has 2 atom stereocenters. The van der Waals surface area contributed by atoms with E-state index in [0.717, 1.165) is 11.1 Å². The van der Waals surface area contributed by atoms with E-state index in [1.54, 1.807) is 21.9 Å². The van der Waals surface area contributed by atoms with Gasteiger partial charge in [-0.3, -0.25) is 9.59 Å². The summed E-state index contributed by atoms with van der Waals surface area (Å²) in [5.74, 6) is -2.60. The van der Waals surface area contributed by atoms with Gasteiger partial charge in [-0.05, 0) is 38.8 Å². The van der Waals surface area contributed by atoms with Crippen molar-refractivity contribution < 1.29 is 23.9 Å². The first-order valence-corrected chi connectivity index (χ1v) is 8.86. The molecule has 7 nitrogen and oxygen atoms in total. The molecular formula is C19H23N2O5-. The molecule has 0 N–H and O–H groups in total. The molecule has 2 amide bonds. The van der Waals surface area contributed by atoms with Crippen LogP contribution in [0.5, 0.6) is 0 Å². The molecule has 1 aliphatic heterocycles. The molecule has 2 heterocycles. The summed E-state index contributed by atoms with van der Waals surface area (Å²) in [5, 5.41) is 11.5. The lowest BCUT2D eigenvalue weighted by atomic mass is 9.76. The number of carbonyl (C=O) groups is 3. The Morgan fingerprint density at radius 2 is 1.58 bits per heavy atom. The molecule has 1 aromatic rings. The average Bonchev–Trinajstić information content (AvgIpc) is 3.17. The molecule has 0 spiro atoms. The van der Waals surface area contributed by atoms with Gasteiger partial charge in [0.15, 0.2) is 5.76 Å². The van der Waals surface area contributed by atoms with Crippen LogP contribution >= 0.6 is 0 Å². The molecule has 0 aromatic carbocycles. The van der Waals surface area contributed by atoms with Crippen molar-refractivity contribution in [3.63, 3.8) is 0 Å². The van der Waals surface area contributed by atoms with E-state index in [0.29, 0.717) is 39.0 Å². The fourth-order valence-corrected chi connectivity index (χ4v) is 3.72. The topological polar surface area (TPSA) is 93.9 Å². The van der Waals surface area contributed by atoms with Gasteiger partial charge < -0.3 is 24.1 Å². The SMILES string of the molecule is CC1=C(C)C[C@@H](C(=O)[O-])[C@@H](C(=O)N2CCN(C(=O)c3ccco3)CC2)C1. The number of carboxylic acid groups (broad SMARTS) is 1. The largest absolute Gasteiger partial charge is 0.550 e. The number of piperazine rings is 1. The average molecular weight is 359 g/mol. The summed E-state index contributed by atoms with van der Waals surface area (Å²) in [4.78, 5) is 40.0. The number of allylic oxidation sites excluding steroid dienone is 2. The van der Waals surface area contributed by atoms with Crippen LogP contribution in [0.2, 0.25) is 0 Å². The standard InChI is InChI=1S/C19H24N2O5/c1-12-10-14(15(19(24)25)11-13(12)2)17(22)20-5-7-21(8-6-20)18(23)16-4-3-9-26-16/h3-4,9,14-15H,5-8,10-11H2,1-2H3,(H,24,25)/p-1/t14-,15+/m0/s1. The van der Waals surface area contributed by atoms with Crippen LogP contribution in [0.1, 0.15) is 37.2 Å². The molecular weight excluding hydrogens is 336 g/mol. The maximum absolute atomic E-state index is 12.9. The molecule has 140 valence electrons. The number of carboxylic acids is 1. The fraction of sp³-hybridized carbons (Fsp3) is 0.526. The van der Waals surface area contributed by atoms with E-state index in [2.05, 4.69) is 0 Å². The minimum atomic E-state index is -1.16. The second-order valence-electron chi connectivity index (χ2n) is 7.10. The van der Waals surface area contributed by atoms with Gasteiger partial charge in [-0.15, -0.1) is 0 Å². The number of nitrogens with zero attached hydrogens (tertiary/aromatic N) is 2. The third-order valence-corrected chi connectivity index (χ3v) is 5.50. The molecule has 0 unspecified atom stereocenters. The number of carbonyl (C=O) groups excluding carboxylic acids is 3. The highest BCUT2D eigenvalue weighted by molar-refractivity contribution is 5.91. The molecule has 1 aliphatic carbocycles. The van der Waals surface area contributed by atoms with Gasteiger partial charge in [-0.25, -0.2) is 0 Å². The lowest BCUT2D eigenvalue weighted by Crippen LogP contribution is -2.54. The van der Waals surface area contributed by atoms with Gasteiger partial charge in [0.1, 0.15) is 0 Å². The van der Waals surface area contributed by atoms with E-state index in [4.69, 9.17) is 4.42 Å². The molecule has 0 radical (unpaired) electrons. The number of hydrogen-bond donors (Lipinski definition) is 0. The molecule has 1 saturated heterocycles. The minimum Gasteiger partial charge on any atom is -0.550 e. The zero-order chi connectivity index (χ0) is 18.8. The summed E-state index contributed by atoms with van der Waals surface area (Å²) in [7, 11) is 0. The Balaban J connectivity index is 1.64. The van der Waals surface area contributed by atoms with E-state index in [-0.39, 0.29) is 17.6 Å². The van der Waals surface area contributed by atoms with Gasteiger partial charge in [0.25, 0.3) is 5.91 Å². The number of rotatable bonds is 3. The Kier molecular flexibility index (Phi) is 5.15. The van der Waals surface area contributed by atoms with Crippen molar-refractivity contribution in [2.45, 2.75) is 26.7 Å². The van der Waals surface area contributed by atoms with Gasteiger partial charge in [0.05, 0.1) is 12.2 Å². The highest BCUT2D eigenvalue weighted by atomic mass is 16.4. The van der Waals surface area contributed by atoms with Crippen LogP contribution in [0.3, 0.4) is 0 Å². The first kappa shape index (κ1) is 18.2. The highest BCUT2D eigenvalue weighted by Crippen LogP contribution is 2.35. The van der Waals surface area contributed by atoms with E-state index in [1.807, 2.05) is 13.8 Å². The molecule has 2 aliphatic rings. The van der Waals surface area contributed by atoms with Gasteiger partial charge >= 0.3 is 0 Å². The monoisotopic (exact) mass is 359 g/mol. The Bertz CT molecular complexity index is 729. The van der Waals surface area contributed by atoms with E-state index < -0.39 is 17.8 Å². The van der Waals surface area contributed by atoms with Crippen molar-refractivity contribution >= 4 is 17.8 Å². The van der Waals surface area contributed by atoms with E-state index in [9.17, 15) is 19.5 Å². The second kappa shape index (κ2) is 7.35. The lowest BCUT2D eigenvalue weighted by Gasteiger charge is -2.39. The van der Waals surface area contributed by atoms with Crippen LogP contribution < -0.4 is 5.11 Å². The van der Waals surface area contributed by atoms with Crippen molar-refractivity contribution in [2.75, 3.05) is 26.2 Å². The quantitative estimate of drug-likeness (QED) is 0.740. The fourth-order valence-electron chi connectivity index (χ4n) is 3.72. The molecule has 0 bridgehead atoms. The number of aliphatic carboxylic acids is 1. The van der Waals surface area contributed by atoms with Crippen LogP contribution in [0.25, 0.3) is 0 Å². The van der Waals surface area contributed by atoms with E-state index >= 15 is 0 Å². The third kappa shape index (κ3) is 3.52. The van der Waals surface area contributed by atoms with E-state index in [1.165, 1.54) is 6.26 Å². The van der Waals surface area contributed by atoms with Crippen LogP contribution in [0, 0.1) is 11.8 Å². The predicted molar refractivity (Wildman–Crippen MR) is 90.8 cm³/mol. The Morgan fingerprint density at radius 1 is 1.00 bits per heavy atom. The summed E-state index contributed by atoms with van der Waals surface area (Å²) in [6, 6.07) is 3.28. The maximum atomic E-state index is 12.9. The van der Waals surface area contributed by atoms with Crippen molar-refractivity contribution in [3.05, 3.63) is 35.3 Å². The Morgan fingerprint density at radius 3 is 2.12 bits per heavy atom. The van der Waals surface area contributed by atoms with Crippen LogP contribution in [0.15, 0.2) is 34.0 Å². The van der Waals surface area contributed by atoms with Gasteiger partial charge in [0, 0.05) is 38.1 Å². The summed E-state index contributed by atoms with van der Waals surface area (Å²) in [5.41, 5.74) is 2.10. The first-order chi connectivity index (χ1) is 12.4. The van der Waals surface area contributed by atoms with Crippen molar-refractivity contribution in [2.24, 2.45) is 11.8 Å². The van der Waals surface area contributed by atoms with Crippen molar-refractivity contribution in [1.82, 2.24) is 9.80 Å². The van der Waals surface area contributed by atoms with Crippen molar-refractivity contribution in [1.29, 1.82) is 0 Å². The first-order valence-electron chi connectivity index (χ1n) is 8.86. The van der Waals surface area contributed by atoms with Crippen LogP contribution in [0.4, 0.5) is 0 Å². The predicted octanol–water partition coefficient (Wildman–Crippen LogP) is 0.677. The van der Waals surface area contributed by atoms with Crippen molar-refractivity contribution in [3.8, 4) is 0 Å². The maximum Gasteiger partial charge on any atom is 0.289 e. The Hall–Kier alpha value is -2.57.